The van der Waals surface area contributed by atoms with Crippen molar-refractivity contribution in [2.45, 2.75) is 6.92 Å². The Morgan fingerprint density at radius 2 is 1.86 bits per heavy atom. The summed E-state index contributed by atoms with van der Waals surface area (Å²) in [6, 6.07) is 15.2. The summed E-state index contributed by atoms with van der Waals surface area (Å²) < 4.78 is 23.0. The summed E-state index contributed by atoms with van der Waals surface area (Å²) in [5, 5.41) is 3.60. The number of esters is 2. The molecule has 9 nitrogen and oxygen atoms in total. The first-order chi connectivity index (χ1) is 17.4. The number of fused-ring (bicyclic) bond motifs is 1. The molecule has 0 bridgehead atoms. The van der Waals surface area contributed by atoms with Gasteiger partial charge in [0.1, 0.15) is 29.5 Å². The van der Waals surface area contributed by atoms with Crippen LogP contribution in [-0.2, 0) is 9.53 Å². The number of aromatic nitrogens is 2. The third-order valence-corrected chi connectivity index (χ3v) is 5.46. The number of hydrogen-bond acceptors (Lipinski definition) is 8. The van der Waals surface area contributed by atoms with Crippen LogP contribution in [0.25, 0.3) is 16.9 Å². The number of carbonyl (C=O) groups excluding carboxylic acids is 2. The van der Waals surface area contributed by atoms with Crippen molar-refractivity contribution in [2.24, 2.45) is 0 Å². The summed E-state index contributed by atoms with van der Waals surface area (Å²) in [5.41, 5.74) is 2.17. The Morgan fingerprint density at radius 1 is 1.03 bits per heavy atom. The fourth-order valence-electron chi connectivity index (χ4n) is 3.56. The topological polar surface area (TPSA) is 100 Å². The quantitative estimate of drug-likeness (QED) is 0.252. The molecule has 0 saturated heterocycles. The predicted molar refractivity (Wildman–Crippen MR) is 135 cm³/mol. The molecule has 0 atom stereocenters. The number of hydrogen-bond donors (Lipinski definition) is 1. The number of nitrogens with one attached hydrogen (secondary N) is 1. The van der Waals surface area contributed by atoms with Crippen molar-refractivity contribution in [3.63, 3.8) is 0 Å². The van der Waals surface area contributed by atoms with Crippen molar-refractivity contribution in [1.82, 2.24) is 9.38 Å². The fraction of sp³-hybridized carbons (Fsp3) is 0.192. The van der Waals surface area contributed by atoms with Gasteiger partial charge >= 0.3 is 11.9 Å². The molecule has 2 heterocycles. The van der Waals surface area contributed by atoms with Gasteiger partial charge in [0.05, 0.1) is 31.4 Å². The van der Waals surface area contributed by atoms with Gasteiger partial charge in [-0.15, -0.1) is 0 Å². The lowest BCUT2D eigenvalue weighted by atomic mass is 10.1. The van der Waals surface area contributed by atoms with Gasteiger partial charge in [0, 0.05) is 11.8 Å². The van der Waals surface area contributed by atoms with Crippen molar-refractivity contribution in [2.75, 3.05) is 32.7 Å². The van der Waals surface area contributed by atoms with Gasteiger partial charge in [0.2, 0.25) is 0 Å². The predicted octanol–water partition coefficient (Wildman–Crippen LogP) is 4.87. The number of rotatable bonds is 9. The van der Waals surface area contributed by atoms with Crippen LogP contribution in [0.2, 0.25) is 5.02 Å². The van der Waals surface area contributed by atoms with Crippen molar-refractivity contribution in [3.05, 3.63) is 71.4 Å². The lowest BCUT2D eigenvalue weighted by Gasteiger charge is -2.12. The molecule has 0 radical (unpaired) electrons. The van der Waals surface area contributed by atoms with E-state index in [4.69, 9.17) is 35.5 Å². The molecule has 10 heteroatoms. The van der Waals surface area contributed by atoms with Crippen molar-refractivity contribution in [3.8, 4) is 28.5 Å². The summed E-state index contributed by atoms with van der Waals surface area (Å²) >= 11 is 6.20. The maximum absolute atomic E-state index is 12.7. The summed E-state index contributed by atoms with van der Waals surface area (Å²) in [6.45, 7) is 1.96. The second-order valence-corrected chi connectivity index (χ2v) is 7.97. The molecule has 0 aliphatic carbocycles. The zero-order chi connectivity index (χ0) is 25.7. The Kier molecular flexibility index (Phi) is 7.60. The number of pyridine rings is 1. The number of ether oxygens (including phenoxy) is 4. The first-order valence-corrected chi connectivity index (χ1v) is 11.4. The van der Waals surface area contributed by atoms with Crippen molar-refractivity contribution >= 4 is 35.0 Å². The third kappa shape index (κ3) is 5.36. The van der Waals surface area contributed by atoms with E-state index in [0.29, 0.717) is 44.8 Å². The minimum atomic E-state index is -0.556. The van der Waals surface area contributed by atoms with Crippen LogP contribution in [0.3, 0.4) is 0 Å². The summed E-state index contributed by atoms with van der Waals surface area (Å²) in [6.07, 6.45) is 1.70. The van der Waals surface area contributed by atoms with Gasteiger partial charge in [-0.1, -0.05) is 17.7 Å². The van der Waals surface area contributed by atoms with Gasteiger partial charge in [-0.2, -0.15) is 0 Å². The summed E-state index contributed by atoms with van der Waals surface area (Å²) in [4.78, 5) is 29.4. The van der Waals surface area contributed by atoms with Gasteiger partial charge in [-0.25, -0.2) is 9.78 Å². The first-order valence-electron chi connectivity index (χ1n) is 11.0. The monoisotopic (exact) mass is 509 g/mol. The van der Waals surface area contributed by atoms with Crippen LogP contribution in [0.1, 0.15) is 17.3 Å². The van der Waals surface area contributed by atoms with Gasteiger partial charge in [0.25, 0.3) is 0 Å². The summed E-state index contributed by atoms with van der Waals surface area (Å²) in [5.74, 6) is 0.694. The van der Waals surface area contributed by atoms with Gasteiger partial charge in [0.15, 0.2) is 11.5 Å². The smallest absolute Gasteiger partial charge is 0.343 e. The highest BCUT2D eigenvalue weighted by Gasteiger charge is 2.19. The van der Waals surface area contributed by atoms with Crippen LogP contribution >= 0.6 is 11.6 Å². The molecule has 0 saturated carbocycles. The Bertz CT molecular complexity index is 1420. The largest absolute Gasteiger partial charge is 0.497 e. The maximum Gasteiger partial charge on any atom is 0.343 e. The average molecular weight is 510 g/mol. The molecule has 186 valence electrons. The molecule has 4 aromatic rings. The van der Waals surface area contributed by atoms with Gasteiger partial charge < -0.3 is 24.3 Å². The molecule has 2 aromatic carbocycles. The molecule has 36 heavy (non-hydrogen) atoms. The highest BCUT2D eigenvalue weighted by molar-refractivity contribution is 6.30. The van der Waals surface area contributed by atoms with E-state index in [1.165, 1.54) is 14.2 Å². The van der Waals surface area contributed by atoms with Crippen LogP contribution < -0.4 is 19.5 Å². The number of benzene rings is 2. The number of anilines is 1. The lowest BCUT2D eigenvalue weighted by molar-refractivity contribution is -0.140. The van der Waals surface area contributed by atoms with E-state index >= 15 is 0 Å². The normalized spacial score (nSPS) is 10.7. The minimum Gasteiger partial charge on any atom is -0.497 e. The third-order valence-electron chi connectivity index (χ3n) is 5.23. The van der Waals surface area contributed by atoms with E-state index in [-0.39, 0.29) is 18.9 Å². The van der Waals surface area contributed by atoms with E-state index in [1.807, 2.05) is 0 Å². The molecular weight excluding hydrogens is 486 g/mol. The van der Waals surface area contributed by atoms with Crippen LogP contribution in [0.5, 0.6) is 17.2 Å². The highest BCUT2D eigenvalue weighted by atomic mass is 35.5. The molecule has 0 aliphatic rings. The van der Waals surface area contributed by atoms with Crippen LogP contribution in [0.4, 0.5) is 5.82 Å². The van der Waals surface area contributed by atoms with E-state index in [9.17, 15) is 9.59 Å². The summed E-state index contributed by atoms with van der Waals surface area (Å²) in [7, 11) is 3.00. The van der Waals surface area contributed by atoms with Crippen LogP contribution in [-0.4, -0.2) is 48.7 Å². The molecule has 1 N–H and O–H groups in total. The molecule has 0 amide bonds. The number of methoxy groups -OCH3 is 2. The number of nitrogens with zero attached hydrogens (tertiary/aromatic N) is 2. The zero-order valence-electron chi connectivity index (χ0n) is 19.9. The standard InChI is InChI=1S/C26H24ClN3O6/c1-4-35-23(31)14-28-25-24(29-22-11-9-18(27)15-30(22)25)16-8-10-20(21(13-16)34-3)36-26(32)17-6-5-7-19(12-17)33-2/h5-13,15,28H,4,14H2,1-3H3. The number of halogens is 1. The Hall–Kier alpha value is -4.24. The van der Waals surface area contributed by atoms with E-state index in [2.05, 4.69) is 5.32 Å². The van der Waals surface area contributed by atoms with Crippen LogP contribution in [0.15, 0.2) is 60.8 Å². The maximum atomic E-state index is 12.7. The van der Waals surface area contributed by atoms with Crippen molar-refractivity contribution < 1.29 is 28.5 Å². The van der Waals surface area contributed by atoms with Gasteiger partial charge in [-0.3, -0.25) is 9.20 Å². The molecular formula is C26H24ClN3O6. The molecule has 4 rings (SSSR count). The van der Waals surface area contributed by atoms with E-state index in [0.717, 1.165) is 0 Å². The Morgan fingerprint density at radius 3 is 2.61 bits per heavy atom. The zero-order valence-corrected chi connectivity index (χ0v) is 20.7. The van der Waals surface area contributed by atoms with E-state index in [1.54, 1.807) is 72.1 Å². The fourth-order valence-corrected chi connectivity index (χ4v) is 3.73. The Labute approximate surface area is 212 Å². The molecule has 0 spiro atoms. The molecule has 0 fully saturated rings. The number of carbonyl (C=O) groups is 2. The molecule has 0 aliphatic heterocycles. The van der Waals surface area contributed by atoms with E-state index < -0.39 is 11.9 Å². The minimum absolute atomic E-state index is 0.0610. The average Bonchev–Trinajstić information content (AvgIpc) is 3.25. The highest BCUT2D eigenvalue weighted by Crippen LogP contribution is 2.36. The lowest BCUT2D eigenvalue weighted by Crippen LogP contribution is -2.17. The number of imidazole rings is 1. The van der Waals surface area contributed by atoms with Crippen molar-refractivity contribution in [1.29, 1.82) is 0 Å². The first kappa shape index (κ1) is 24.9. The molecule has 0 unspecified atom stereocenters. The van der Waals surface area contributed by atoms with Gasteiger partial charge in [-0.05, 0) is 55.5 Å². The van der Waals surface area contributed by atoms with Crippen LogP contribution in [0, 0.1) is 0 Å². The Balaban J connectivity index is 1.68. The second-order valence-electron chi connectivity index (χ2n) is 7.53. The molecule has 2 aromatic heterocycles. The second kappa shape index (κ2) is 11.0. The SMILES string of the molecule is CCOC(=O)CNc1c(-c2ccc(OC(=O)c3cccc(OC)c3)c(OC)c2)nc2ccc(Cl)cn12.